The second kappa shape index (κ2) is 6.00. The summed E-state index contributed by atoms with van der Waals surface area (Å²) in [7, 11) is 3.13. The summed E-state index contributed by atoms with van der Waals surface area (Å²) < 4.78 is 1.38. The maximum Gasteiger partial charge on any atom is 0.254 e. The van der Waals surface area contributed by atoms with Crippen LogP contribution >= 0.6 is 0 Å². The highest BCUT2D eigenvalue weighted by Gasteiger charge is 2.14. The molecule has 0 radical (unpaired) electrons. The van der Waals surface area contributed by atoms with E-state index in [2.05, 4.69) is 5.32 Å². The number of rotatable bonds is 4. The molecule has 0 saturated carbocycles. The highest BCUT2D eigenvalue weighted by atomic mass is 16.2. The average Bonchev–Trinajstić information content (AvgIpc) is 2.32. The van der Waals surface area contributed by atoms with Crippen molar-refractivity contribution in [3.8, 4) is 0 Å². The molecule has 0 fully saturated rings. The smallest absolute Gasteiger partial charge is 0.254 e. The van der Waals surface area contributed by atoms with Crippen molar-refractivity contribution in [1.82, 2.24) is 14.8 Å². The third-order valence-electron chi connectivity index (χ3n) is 2.45. The minimum atomic E-state index is -0.348. The maximum atomic E-state index is 11.9. The van der Waals surface area contributed by atoms with E-state index in [0.717, 1.165) is 0 Å². The molecule has 0 aromatic carbocycles. The first-order chi connectivity index (χ1) is 8.45. The fraction of sp³-hybridized carbons (Fsp3) is 0.417. The van der Waals surface area contributed by atoms with Crippen LogP contribution in [0.5, 0.6) is 0 Å². The monoisotopic (exact) mass is 251 g/mol. The zero-order valence-electron chi connectivity index (χ0n) is 10.8. The molecule has 0 aliphatic rings. The van der Waals surface area contributed by atoms with Crippen molar-refractivity contribution in [3.63, 3.8) is 0 Å². The van der Waals surface area contributed by atoms with Crippen LogP contribution in [0.4, 0.5) is 0 Å². The first-order valence-electron chi connectivity index (χ1n) is 5.64. The van der Waals surface area contributed by atoms with Crippen LogP contribution in [0.1, 0.15) is 17.3 Å². The molecule has 0 atom stereocenters. The number of nitrogens with zero attached hydrogens (tertiary/aromatic N) is 2. The van der Waals surface area contributed by atoms with E-state index >= 15 is 0 Å². The van der Waals surface area contributed by atoms with Crippen LogP contribution in [0.25, 0.3) is 0 Å². The Morgan fingerprint density at radius 3 is 2.67 bits per heavy atom. The topological polar surface area (TPSA) is 71.4 Å². The lowest BCUT2D eigenvalue weighted by atomic mass is 10.2. The molecule has 98 valence electrons. The summed E-state index contributed by atoms with van der Waals surface area (Å²) in [6.07, 6.45) is 1.52. The third kappa shape index (κ3) is 3.44. The summed E-state index contributed by atoms with van der Waals surface area (Å²) in [5.74, 6) is -0.573. The van der Waals surface area contributed by atoms with Gasteiger partial charge in [-0.2, -0.15) is 0 Å². The molecule has 6 nitrogen and oxygen atoms in total. The molecule has 0 saturated heterocycles. The zero-order valence-corrected chi connectivity index (χ0v) is 10.8. The number of amides is 2. The average molecular weight is 251 g/mol. The molecular weight excluding hydrogens is 234 g/mol. The standard InChI is InChI=1S/C12H17N3O3/c1-4-13-10(16)8-15(3)12(18)9-5-6-14(2)11(17)7-9/h5-7H,4,8H2,1-3H3,(H,13,16). The van der Waals surface area contributed by atoms with Gasteiger partial charge in [0.15, 0.2) is 0 Å². The lowest BCUT2D eigenvalue weighted by Gasteiger charge is -2.16. The van der Waals surface area contributed by atoms with Crippen LogP contribution in [0.15, 0.2) is 23.1 Å². The summed E-state index contributed by atoms with van der Waals surface area (Å²) in [5.41, 5.74) is 0.0251. The van der Waals surface area contributed by atoms with Crippen LogP contribution < -0.4 is 10.9 Å². The minimum Gasteiger partial charge on any atom is -0.355 e. The van der Waals surface area contributed by atoms with Crippen molar-refractivity contribution in [2.45, 2.75) is 6.92 Å². The summed E-state index contributed by atoms with van der Waals surface area (Å²) in [4.78, 5) is 36.0. The normalized spacial score (nSPS) is 9.94. The van der Waals surface area contributed by atoms with Gasteiger partial charge in [-0.05, 0) is 13.0 Å². The van der Waals surface area contributed by atoms with E-state index in [9.17, 15) is 14.4 Å². The van der Waals surface area contributed by atoms with Gasteiger partial charge in [0, 0.05) is 38.5 Å². The second-order valence-corrected chi connectivity index (χ2v) is 3.98. The molecule has 1 heterocycles. The lowest BCUT2D eigenvalue weighted by molar-refractivity contribution is -0.121. The van der Waals surface area contributed by atoms with Gasteiger partial charge in [0.05, 0.1) is 6.54 Å². The predicted octanol–water partition coefficient (Wildman–Crippen LogP) is -0.407. The molecule has 1 N–H and O–H groups in total. The molecule has 0 spiro atoms. The number of likely N-dealkylation sites (N-methyl/N-ethyl adjacent to an activating group) is 2. The van der Waals surface area contributed by atoms with Crippen molar-refractivity contribution in [1.29, 1.82) is 0 Å². The van der Waals surface area contributed by atoms with Gasteiger partial charge in [0.1, 0.15) is 0 Å². The van der Waals surface area contributed by atoms with Gasteiger partial charge in [-0.1, -0.05) is 0 Å². The van der Waals surface area contributed by atoms with E-state index in [1.165, 1.54) is 28.8 Å². The quantitative estimate of drug-likeness (QED) is 0.791. The molecule has 0 aliphatic carbocycles. The number of hydrogen-bond donors (Lipinski definition) is 1. The fourth-order valence-corrected chi connectivity index (χ4v) is 1.44. The van der Waals surface area contributed by atoms with Crippen molar-refractivity contribution in [3.05, 3.63) is 34.2 Å². The number of aryl methyl sites for hydroxylation is 1. The van der Waals surface area contributed by atoms with Gasteiger partial charge in [-0.25, -0.2) is 0 Å². The molecule has 18 heavy (non-hydrogen) atoms. The molecule has 0 bridgehead atoms. The van der Waals surface area contributed by atoms with Crippen molar-refractivity contribution in [2.24, 2.45) is 7.05 Å². The third-order valence-corrected chi connectivity index (χ3v) is 2.45. The maximum absolute atomic E-state index is 11.9. The minimum absolute atomic E-state index is 0.0259. The van der Waals surface area contributed by atoms with Gasteiger partial charge >= 0.3 is 0 Å². The van der Waals surface area contributed by atoms with Crippen LogP contribution in [0, 0.1) is 0 Å². The fourth-order valence-electron chi connectivity index (χ4n) is 1.44. The SMILES string of the molecule is CCNC(=O)CN(C)C(=O)c1ccn(C)c(=O)c1. The molecule has 0 aliphatic heterocycles. The summed E-state index contributed by atoms with van der Waals surface area (Å²) in [6.45, 7) is 2.30. The molecule has 1 aromatic heterocycles. The Hall–Kier alpha value is -2.11. The van der Waals surface area contributed by atoms with Crippen LogP contribution in [-0.2, 0) is 11.8 Å². The van der Waals surface area contributed by atoms with E-state index in [4.69, 9.17) is 0 Å². The van der Waals surface area contributed by atoms with Crippen LogP contribution in [0.2, 0.25) is 0 Å². The first kappa shape index (κ1) is 14.0. The van der Waals surface area contributed by atoms with Crippen LogP contribution in [-0.4, -0.2) is 41.4 Å². The Kier molecular flexibility index (Phi) is 4.65. The number of aromatic nitrogens is 1. The number of carbonyl (C=O) groups is 2. The van der Waals surface area contributed by atoms with Crippen molar-refractivity contribution < 1.29 is 9.59 Å². The molecule has 1 aromatic rings. The number of carbonyl (C=O) groups excluding carboxylic acids is 2. The summed E-state index contributed by atoms with van der Waals surface area (Å²) >= 11 is 0. The molecule has 6 heteroatoms. The Morgan fingerprint density at radius 1 is 1.44 bits per heavy atom. The van der Waals surface area contributed by atoms with Crippen LogP contribution in [0.3, 0.4) is 0 Å². The highest BCUT2D eigenvalue weighted by Crippen LogP contribution is 1.99. The Morgan fingerprint density at radius 2 is 2.11 bits per heavy atom. The molecule has 2 amide bonds. The largest absolute Gasteiger partial charge is 0.355 e. The molecule has 1 rings (SSSR count). The van der Waals surface area contributed by atoms with Gasteiger partial charge in [-0.3, -0.25) is 14.4 Å². The van der Waals surface area contributed by atoms with Gasteiger partial charge in [0.2, 0.25) is 5.91 Å². The molecular formula is C12H17N3O3. The van der Waals surface area contributed by atoms with E-state index < -0.39 is 0 Å². The Labute approximate surface area is 105 Å². The van der Waals surface area contributed by atoms with Crippen molar-refractivity contribution in [2.75, 3.05) is 20.1 Å². The summed E-state index contributed by atoms with van der Waals surface area (Å²) in [5, 5.41) is 2.60. The first-order valence-corrected chi connectivity index (χ1v) is 5.64. The lowest BCUT2D eigenvalue weighted by Crippen LogP contribution is -2.38. The predicted molar refractivity (Wildman–Crippen MR) is 67.3 cm³/mol. The van der Waals surface area contributed by atoms with E-state index in [1.54, 1.807) is 20.0 Å². The number of hydrogen-bond acceptors (Lipinski definition) is 3. The number of pyridine rings is 1. The zero-order chi connectivity index (χ0) is 13.7. The molecule has 0 unspecified atom stereocenters. The Balaban J connectivity index is 2.77. The second-order valence-electron chi connectivity index (χ2n) is 3.98. The summed E-state index contributed by atoms with van der Waals surface area (Å²) in [6, 6.07) is 2.81. The van der Waals surface area contributed by atoms with Gasteiger partial charge in [-0.15, -0.1) is 0 Å². The highest BCUT2D eigenvalue weighted by molar-refractivity contribution is 5.96. The van der Waals surface area contributed by atoms with Gasteiger partial charge < -0.3 is 14.8 Å². The van der Waals surface area contributed by atoms with Gasteiger partial charge in [0.25, 0.3) is 11.5 Å². The number of nitrogens with one attached hydrogen (secondary N) is 1. The van der Waals surface area contributed by atoms with E-state index in [1.807, 2.05) is 0 Å². The van der Waals surface area contributed by atoms with Crippen molar-refractivity contribution >= 4 is 11.8 Å². The Bertz CT molecular complexity index is 508. The van der Waals surface area contributed by atoms with E-state index in [-0.39, 0.29) is 29.5 Å². The van der Waals surface area contributed by atoms with E-state index in [0.29, 0.717) is 6.54 Å².